The van der Waals surface area contributed by atoms with Gasteiger partial charge in [-0.25, -0.2) is 0 Å². The molecule has 1 aromatic rings. The maximum Gasteiger partial charge on any atom is 0.184 e. The summed E-state index contributed by atoms with van der Waals surface area (Å²) in [7, 11) is 0. The molecule has 3 heteroatoms. The number of piperidine rings is 3. The first kappa shape index (κ1) is 10.5. The summed E-state index contributed by atoms with van der Waals surface area (Å²) >= 11 is 0. The lowest BCUT2D eigenvalue weighted by molar-refractivity contribution is -0.132. The third kappa shape index (κ3) is 1.76. The van der Waals surface area contributed by atoms with Crippen molar-refractivity contribution < 1.29 is 9.90 Å². The van der Waals surface area contributed by atoms with E-state index in [1.165, 1.54) is 0 Å². The highest BCUT2D eigenvalue weighted by Gasteiger charge is 2.42. The zero-order valence-corrected chi connectivity index (χ0v) is 9.54. The van der Waals surface area contributed by atoms with Crippen molar-refractivity contribution in [2.75, 3.05) is 13.1 Å². The molecule has 0 spiro atoms. The highest BCUT2D eigenvalue weighted by Crippen LogP contribution is 2.32. The maximum absolute atomic E-state index is 12.1. The molecule has 0 aliphatic carbocycles. The van der Waals surface area contributed by atoms with Gasteiger partial charge in [0.15, 0.2) is 5.78 Å². The molecule has 3 aliphatic heterocycles. The van der Waals surface area contributed by atoms with E-state index in [0.717, 1.165) is 24.2 Å². The zero-order valence-electron chi connectivity index (χ0n) is 9.54. The van der Waals surface area contributed by atoms with Crippen molar-refractivity contribution >= 4 is 11.9 Å². The first-order valence-corrected chi connectivity index (χ1v) is 5.99. The summed E-state index contributed by atoms with van der Waals surface area (Å²) < 4.78 is 0. The second kappa shape index (κ2) is 4.00. The predicted octanol–water partition coefficient (Wildman–Crippen LogP) is 1.29. The second-order valence-electron chi connectivity index (χ2n) is 4.71. The highest BCUT2D eigenvalue weighted by molar-refractivity contribution is 6.02. The van der Waals surface area contributed by atoms with E-state index in [1.807, 2.05) is 41.3 Å². The average molecular weight is 229 g/mol. The van der Waals surface area contributed by atoms with Gasteiger partial charge < -0.3 is 10.0 Å². The molecule has 0 amide bonds. The van der Waals surface area contributed by atoms with Gasteiger partial charge in [-0.15, -0.1) is 0 Å². The van der Waals surface area contributed by atoms with E-state index in [4.69, 9.17) is 0 Å². The number of carbonyl (C=O) groups is 1. The summed E-state index contributed by atoms with van der Waals surface area (Å²) in [4.78, 5) is 14.1. The normalized spacial score (nSPS) is 30.1. The van der Waals surface area contributed by atoms with Crippen molar-refractivity contribution in [1.29, 1.82) is 0 Å². The van der Waals surface area contributed by atoms with E-state index >= 15 is 0 Å². The van der Waals surface area contributed by atoms with Crippen LogP contribution in [-0.2, 0) is 4.79 Å². The summed E-state index contributed by atoms with van der Waals surface area (Å²) in [6, 6.07) is 9.85. The first-order chi connectivity index (χ1) is 8.25. The predicted molar refractivity (Wildman–Crippen MR) is 65.1 cm³/mol. The molecule has 3 aliphatic rings. The topological polar surface area (TPSA) is 40.5 Å². The molecule has 3 nitrogen and oxygen atoms in total. The average Bonchev–Trinajstić information content (AvgIpc) is 2.35. The number of rotatable bonds is 1. The van der Waals surface area contributed by atoms with Crippen LogP contribution in [0.15, 0.2) is 36.0 Å². The number of aliphatic hydroxyl groups is 1. The molecule has 4 rings (SSSR count). The number of carbonyl (C=O) groups excluding carboxylic acids is 1. The van der Waals surface area contributed by atoms with E-state index in [-0.39, 0.29) is 11.7 Å². The van der Waals surface area contributed by atoms with Gasteiger partial charge >= 0.3 is 0 Å². The lowest BCUT2D eigenvalue weighted by Crippen LogP contribution is -2.54. The van der Waals surface area contributed by atoms with Crippen LogP contribution in [0.25, 0.3) is 6.08 Å². The van der Waals surface area contributed by atoms with Crippen LogP contribution in [0.2, 0.25) is 0 Å². The smallest absolute Gasteiger partial charge is 0.184 e. The van der Waals surface area contributed by atoms with Gasteiger partial charge in [0.25, 0.3) is 0 Å². The van der Waals surface area contributed by atoms with Crippen LogP contribution in [0, 0.1) is 5.92 Å². The van der Waals surface area contributed by atoms with Gasteiger partial charge in [-0.2, -0.15) is 0 Å². The van der Waals surface area contributed by atoms with E-state index in [2.05, 4.69) is 0 Å². The second-order valence-corrected chi connectivity index (χ2v) is 4.71. The number of ketones is 1. The molecule has 0 aromatic heterocycles. The number of aliphatic hydroxyl groups excluding tert-OH is 1. The quantitative estimate of drug-likeness (QED) is 0.738. The molecule has 3 heterocycles. The molecule has 1 N–H and O–H groups in total. The number of hydrogen-bond acceptors (Lipinski definition) is 3. The summed E-state index contributed by atoms with van der Waals surface area (Å²) in [6.07, 6.45) is 2.23. The van der Waals surface area contributed by atoms with E-state index in [9.17, 15) is 9.90 Å². The molecule has 3 fully saturated rings. The lowest BCUT2D eigenvalue weighted by atomic mass is 9.82. The van der Waals surface area contributed by atoms with Crippen LogP contribution >= 0.6 is 0 Å². The van der Waals surface area contributed by atoms with Crippen LogP contribution in [-0.4, -0.2) is 35.0 Å². The van der Waals surface area contributed by atoms with Crippen LogP contribution in [0.3, 0.4) is 0 Å². The molecule has 1 aromatic carbocycles. The Morgan fingerprint density at radius 1 is 1.29 bits per heavy atom. The Hall–Kier alpha value is -1.61. The Balaban J connectivity index is 1.94. The molecular formula is C14H15NO2. The standard InChI is InChI=1S/C14H15NO2/c16-13-9-15-7-6-11(13)14(17)12(15)8-10-4-2-1-3-5-10/h1-5,8,11,13,16H,6-7,9H2/b12-8-/t11-,13-/m1/s1. The minimum absolute atomic E-state index is 0.0962. The SMILES string of the molecule is O=C1/C(=C/c2ccccc2)N2CC[C@@H]1[C@H](O)C2. The summed E-state index contributed by atoms with van der Waals surface area (Å²) in [6.45, 7) is 1.47. The minimum Gasteiger partial charge on any atom is -0.391 e. The van der Waals surface area contributed by atoms with Gasteiger partial charge in [0.2, 0.25) is 0 Å². The number of benzene rings is 1. The zero-order chi connectivity index (χ0) is 11.8. The Morgan fingerprint density at radius 3 is 2.71 bits per heavy atom. The fraction of sp³-hybridized carbons (Fsp3) is 0.357. The molecule has 0 unspecified atom stereocenters. The Bertz CT molecular complexity index is 466. The fourth-order valence-electron chi connectivity index (χ4n) is 2.67. The van der Waals surface area contributed by atoms with E-state index in [1.54, 1.807) is 0 Å². The van der Waals surface area contributed by atoms with E-state index in [0.29, 0.717) is 6.54 Å². The monoisotopic (exact) mass is 229 g/mol. The number of hydrogen-bond donors (Lipinski definition) is 1. The number of fused-ring (bicyclic) bond motifs is 3. The van der Waals surface area contributed by atoms with Crippen molar-refractivity contribution in [1.82, 2.24) is 4.90 Å². The minimum atomic E-state index is -0.482. The molecule has 0 saturated carbocycles. The van der Waals surface area contributed by atoms with Gasteiger partial charge in [-0.05, 0) is 18.1 Å². The van der Waals surface area contributed by atoms with Crippen molar-refractivity contribution in [2.45, 2.75) is 12.5 Å². The molecule has 88 valence electrons. The molecular weight excluding hydrogens is 214 g/mol. The third-order valence-corrected chi connectivity index (χ3v) is 3.61. The van der Waals surface area contributed by atoms with Gasteiger partial charge in [0.1, 0.15) is 0 Å². The summed E-state index contributed by atoms with van der Waals surface area (Å²) in [5, 5.41) is 9.76. The summed E-state index contributed by atoms with van der Waals surface area (Å²) in [5.74, 6) is -0.0891. The van der Waals surface area contributed by atoms with Crippen molar-refractivity contribution in [3.63, 3.8) is 0 Å². The maximum atomic E-state index is 12.1. The summed E-state index contributed by atoms with van der Waals surface area (Å²) in [5.41, 5.74) is 1.80. The molecule has 2 atom stereocenters. The van der Waals surface area contributed by atoms with Crippen molar-refractivity contribution in [3.05, 3.63) is 41.6 Å². The van der Waals surface area contributed by atoms with Crippen LogP contribution in [0.1, 0.15) is 12.0 Å². The van der Waals surface area contributed by atoms with Gasteiger partial charge in [-0.3, -0.25) is 4.79 Å². The number of Topliss-reactive ketones (excluding diaryl/α,β-unsaturated/α-hetero) is 1. The molecule has 0 radical (unpaired) electrons. The van der Waals surface area contributed by atoms with Crippen LogP contribution in [0.4, 0.5) is 0 Å². The molecule has 3 saturated heterocycles. The van der Waals surface area contributed by atoms with E-state index < -0.39 is 6.10 Å². The van der Waals surface area contributed by atoms with Crippen LogP contribution in [0.5, 0.6) is 0 Å². The first-order valence-electron chi connectivity index (χ1n) is 5.99. The van der Waals surface area contributed by atoms with Gasteiger partial charge in [0, 0.05) is 13.1 Å². The number of allylic oxidation sites excluding steroid dienone is 1. The van der Waals surface area contributed by atoms with Crippen molar-refractivity contribution in [3.8, 4) is 0 Å². The van der Waals surface area contributed by atoms with Crippen LogP contribution < -0.4 is 0 Å². The number of nitrogens with zero attached hydrogens (tertiary/aromatic N) is 1. The van der Waals surface area contributed by atoms with Gasteiger partial charge in [0.05, 0.1) is 17.7 Å². The Kier molecular flexibility index (Phi) is 2.48. The third-order valence-electron chi connectivity index (χ3n) is 3.61. The molecule has 2 bridgehead atoms. The Labute approximate surface area is 100 Å². The highest BCUT2D eigenvalue weighted by atomic mass is 16.3. The fourth-order valence-corrected chi connectivity index (χ4v) is 2.67. The lowest BCUT2D eigenvalue weighted by Gasteiger charge is -2.44. The van der Waals surface area contributed by atoms with Gasteiger partial charge in [-0.1, -0.05) is 30.3 Å². The Morgan fingerprint density at radius 2 is 2.06 bits per heavy atom. The largest absolute Gasteiger partial charge is 0.391 e. The molecule has 17 heavy (non-hydrogen) atoms. The van der Waals surface area contributed by atoms with Crippen molar-refractivity contribution in [2.24, 2.45) is 5.92 Å².